The summed E-state index contributed by atoms with van der Waals surface area (Å²) in [5.74, 6) is 0.0826. The Labute approximate surface area is 155 Å². The molecule has 2 rings (SSSR count). The third-order valence-corrected chi connectivity index (χ3v) is 4.59. The Morgan fingerprint density at radius 3 is 2.04 bits per heavy atom. The van der Waals surface area contributed by atoms with Crippen LogP contribution in [0.15, 0.2) is 29.2 Å². The van der Waals surface area contributed by atoms with E-state index in [2.05, 4.69) is 4.90 Å². The molecule has 0 aromatic heterocycles. The smallest absolute Gasteiger partial charge is 0.238 e. The van der Waals surface area contributed by atoms with E-state index in [1.807, 2.05) is 11.8 Å². The van der Waals surface area contributed by atoms with Gasteiger partial charge in [0, 0.05) is 44.3 Å². The molecular formula is C14H24Cl2N4O3S. The van der Waals surface area contributed by atoms with Crippen LogP contribution < -0.4 is 15.8 Å². The van der Waals surface area contributed by atoms with Crippen molar-refractivity contribution in [3.05, 3.63) is 24.3 Å². The predicted octanol–water partition coefficient (Wildman–Crippen LogP) is 0.564. The van der Waals surface area contributed by atoms with Crippen molar-refractivity contribution in [2.45, 2.75) is 24.3 Å². The Hall–Kier alpha value is -1.06. The minimum absolute atomic E-state index is 0. The number of carbonyl (C=O) groups excluding carboxylic acids is 1. The van der Waals surface area contributed by atoms with Crippen LogP contribution in [0.1, 0.15) is 13.3 Å². The zero-order chi connectivity index (χ0) is 16.3. The van der Waals surface area contributed by atoms with Crippen molar-refractivity contribution in [2.24, 2.45) is 10.9 Å². The minimum Gasteiger partial charge on any atom is -0.368 e. The summed E-state index contributed by atoms with van der Waals surface area (Å²) in [6.07, 6.45) is 0.364. The van der Waals surface area contributed by atoms with Gasteiger partial charge >= 0.3 is 0 Å². The van der Waals surface area contributed by atoms with E-state index >= 15 is 0 Å². The SMILES string of the molecule is CC(N)CC(=O)N1CCN(c2ccc(S(N)(=O)=O)cc2)CC1.Cl.Cl. The fourth-order valence-corrected chi connectivity index (χ4v) is 2.98. The second-order valence-electron chi connectivity index (χ2n) is 5.59. The first-order chi connectivity index (χ1) is 10.3. The average Bonchev–Trinajstić information content (AvgIpc) is 2.46. The first-order valence-electron chi connectivity index (χ1n) is 7.18. The highest BCUT2D eigenvalue weighted by Gasteiger charge is 2.22. The van der Waals surface area contributed by atoms with Crippen molar-refractivity contribution in [3.8, 4) is 0 Å². The van der Waals surface area contributed by atoms with Gasteiger partial charge in [-0.1, -0.05) is 0 Å². The molecule has 7 nitrogen and oxygen atoms in total. The molecule has 1 saturated heterocycles. The van der Waals surface area contributed by atoms with Crippen molar-refractivity contribution in [1.29, 1.82) is 0 Å². The molecule has 0 bridgehead atoms. The molecule has 1 aliphatic rings. The molecule has 10 heteroatoms. The molecule has 1 heterocycles. The van der Waals surface area contributed by atoms with Gasteiger partial charge < -0.3 is 15.5 Å². The predicted molar refractivity (Wildman–Crippen MR) is 99.4 cm³/mol. The lowest BCUT2D eigenvalue weighted by Gasteiger charge is -2.36. The van der Waals surface area contributed by atoms with Crippen LogP contribution >= 0.6 is 24.8 Å². The number of hydrogen-bond acceptors (Lipinski definition) is 5. The average molecular weight is 399 g/mol. The highest BCUT2D eigenvalue weighted by atomic mass is 35.5. The summed E-state index contributed by atoms with van der Waals surface area (Å²) in [5, 5.41) is 5.08. The number of rotatable bonds is 4. The fraction of sp³-hybridized carbons (Fsp3) is 0.500. The fourth-order valence-electron chi connectivity index (χ4n) is 2.47. The quantitative estimate of drug-likeness (QED) is 0.769. The molecule has 1 unspecified atom stereocenters. The number of hydrogen-bond donors (Lipinski definition) is 2. The zero-order valence-corrected chi connectivity index (χ0v) is 15.9. The number of carbonyl (C=O) groups is 1. The topological polar surface area (TPSA) is 110 Å². The van der Waals surface area contributed by atoms with Crippen LogP contribution in [-0.2, 0) is 14.8 Å². The Kier molecular flexibility index (Phi) is 9.01. The summed E-state index contributed by atoms with van der Waals surface area (Å²) in [6, 6.07) is 6.34. The molecule has 1 aromatic carbocycles. The molecule has 138 valence electrons. The van der Waals surface area contributed by atoms with Crippen molar-refractivity contribution in [3.63, 3.8) is 0 Å². The highest BCUT2D eigenvalue weighted by Crippen LogP contribution is 2.19. The molecule has 0 saturated carbocycles. The monoisotopic (exact) mass is 398 g/mol. The summed E-state index contributed by atoms with van der Waals surface area (Å²) in [6.45, 7) is 4.52. The van der Waals surface area contributed by atoms with Crippen LogP contribution in [-0.4, -0.2) is 51.4 Å². The van der Waals surface area contributed by atoms with Gasteiger partial charge in [-0.2, -0.15) is 0 Å². The van der Waals surface area contributed by atoms with Gasteiger partial charge in [-0.15, -0.1) is 24.8 Å². The largest absolute Gasteiger partial charge is 0.368 e. The van der Waals surface area contributed by atoms with Gasteiger partial charge in [0.05, 0.1) is 4.90 Å². The number of nitrogens with zero attached hydrogens (tertiary/aromatic N) is 2. The van der Waals surface area contributed by atoms with Crippen molar-refractivity contribution in [1.82, 2.24) is 4.90 Å². The number of sulfonamides is 1. The molecule has 1 fully saturated rings. The summed E-state index contributed by atoms with van der Waals surface area (Å²) in [4.78, 5) is 16.0. The Balaban J connectivity index is 0.00000264. The molecule has 0 spiro atoms. The number of nitrogens with two attached hydrogens (primary N) is 2. The molecule has 1 atom stereocenters. The van der Waals surface area contributed by atoms with E-state index in [1.54, 1.807) is 12.1 Å². The van der Waals surface area contributed by atoms with E-state index in [0.29, 0.717) is 32.6 Å². The first kappa shape index (κ1) is 22.9. The Bertz CT molecular complexity index is 630. The third-order valence-electron chi connectivity index (χ3n) is 3.66. The maximum atomic E-state index is 12.0. The highest BCUT2D eigenvalue weighted by molar-refractivity contribution is 7.89. The summed E-state index contributed by atoms with van der Waals surface area (Å²) < 4.78 is 22.5. The lowest BCUT2D eigenvalue weighted by Crippen LogP contribution is -2.49. The van der Waals surface area contributed by atoms with Gasteiger partial charge in [-0.05, 0) is 31.2 Å². The third kappa shape index (κ3) is 6.10. The van der Waals surface area contributed by atoms with E-state index in [0.717, 1.165) is 5.69 Å². The number of piperazine rings is 1. The standard InChI is InChI=1S/C14H22N4O3S.2ClH/c1-11(15)10-14(19)18-8-6-17(7-9-18)12-2-4-13(5-3-12)22(16,20)21;;/h2-5,11H,6-10,15H2,1H3,(H2,16,20,21);2*1H. The number of amides is 1. The van der Waals surface area contributed by atoms with E-state index in [-0.39, 0.29) is 41.7 Å². The zero-order valence-electron chi connectivity index (χ0n) is 13.4. The number of primary sulfonamides is 1. The van der Waals surface area contributed by atoms with Crippen LogP contribution in [0.3, 0.4) is 0 Å². The van der Waals surface area contributed by atoms with Crippen LogP contribution in [0, 0.1) is 0 Å². The van der Waals surface area contributed by atoms with Crippen molar-refractivity contribution >= 4 is 46.4 Å². The second-order valence-corrected chi connectivity index (χ2v) is 7.15. The van der Waals surface area contributed by atoms with E-state index < -0.39 is 10.0 Å². The lowest BCUT2D eigenvalue weighted by molar-refractivity contribution is -0.131. The molecule has 4 N–H and O–H groups in total. The van der Waals surface area contributed by atoms with Crippen LogP contribution in [0.25, 0.3) is 0 Å². The van der Waals surface area contributed by atoms with Crippen molar-refractivity contribution < 1.29 is 13.2 Å². The summed E-state index contributed by atoms with van der Waals surface area (Å²) in [7, 11) is -3.67. The Morgan fingerprint density at radius 1 is 1.12 bits per heavy atom. The van der Waals surface area contributed by atoms with Crippen molar-refractivity contribution in [2.75, 3.05) is 31.1 Å². The van der Waals surface area contributed by atoms with E-state index in [4.69, 9.17) is 10.9 Å². The molecule has 1 amide bonds. The molecule has 0 aliphatic carbocycles. The summed E-state index contributed by atoms with van der Waals surface area (Å²) >= 11 is 0. The maximum absolute atomic E-state index is 12.0. The van der Waals surface area contributed by atoms with Gasteiger partial charge in [0.2, 0.25) is 15.9 Å². The molecule has 0 radical (unpaired) electrons. The van der Waals surface area contributed by atoms with Gasteiger partial charge in [0.15, 0.2) is 0 Å². The Morgan fingerprint density at radius 2 is 1.62 bits per heavy atom. The maximum Gasteiger partial charge on any atom is 0.238 e. The second kappa shape index (κ2) is 9.43. The number of anilines is 1. The molecule has 24 heavy (non-hydrogen) atoms. The first-order valence-corrected chi connectivity index (χ1v) is 8.73. The molecule has 1 aromatic rings. The normalized spacial score (nSPS) is 16.0. The number of benzene rings is 1. The van der Waals surface area contributed by atoms with Gasteiger partial charge in [-0.3, -0.25) is 4.79 Å². The van der Waals surface area contributed by atoms with E-state index in [1.165, 1.54) is 12.1 Å². The van der Waals surface area contributed by atoms with E-state index in [9.17, 15) is 13.2 Å². The van der Waals surface area contributed by atoms with Crippen LogP contribution in [0.4, 0.5) is 5.69 Å². The van der Waals surface area contributed by atoms with Crippen LogP contribution in [0.2, 0.25) is 0 Å². The van der Waals surface area contributed by atoms with Gasteiger partial charge in [0.1, 0.15) is 0 Å². The van der Waals surface area contributed by atoms with Gasteiger partial charge in [-0.25, -0.2) is 13.6 Å². The molecular weight excluding hydrogens is 375 g/mol. The molecule has 1 aliphatic heterocycles. The summed E-state index contributed by atoms with van der Waals surface area (Å²) in [5.41, 5.74) is 6.57. The van der Waals surface area contributed by atoms with Gasteiger partial charge in [0.25, 0.3) is 0 Å². The van der Waals surface area contributed by atoms with Crippen LogP contribution in [0.5, 0.6) is 0 Å². The lowest BCUT2D eigenvalue weighted by atomic mass is 10.2. The minimum atomic E-state index is -3.67. The number of halogens is 2.